The molecule has 3 rings (SSSR count). The molecule has 0 aliphatic heterocycles. The van der Waals surface area contributed by atoms with Crippen LogP contribution in [0.3, 0.4) is 0 Å². The summed E-state index contributed by atoms with van der Waals surface area (Å²) in [7, 11) is 0. The number of hydrogen-bond donors (Lipinski definition) is 0. The molecule has 0 aliphatic rings. The number of aromatic nitrogens is 2. The number of aldehydes is 1. The zero-order chi connectivity index (χ0) is 14.5. The van der Waals surface area contributed by atoms with Crippen LogP contribution < -0.4 is 4.74 Å². The molecule has 1 heterocycles. The fourth-order valence-corrected chi connectivity index (χ4v) is 2.05. The average Bonchev–Trinajstić information content (AvgIpc) is 2.98. The van der Waals surface area contributed by atoms with Gasteiger partial charge in [0.1, 0.15) is 17.2 Å². The third kappa shape index (κ3) is 3.17. The fraction of sp³-hybridized carbons (Fsp3) is 0.0588. The Morgan fingerprint density at radius 3 is 2.52 bits per heavy atom. The minimum Gasteiger partial charge on any atom is -0.457 e. The summed E-state index contributed by atoms with van der Waals surface area (Å²) < 4.78 is 7.62. The zero-order valence-corrected chi connectivity index (χ0v) is 11.3. The summed E-state index contributed by atoms with van der Waals surface area (Å²) in [6.45, 7) is 0.552. The molecule has 0 saturated heterocycles. The highest BCUT2D eigenvalue weighted by Crippen LogP contribution is 2.25. The van der Waals surface area contributed by atoms with Gasteiger partial charge in [-0.1, -0.05) is 36.4 Å². The molecular formula is C17H14N2O2. The van der Waals surface area contributed by atoms with E-state index in [2.05, 4.69) is 5.10 Å². The third-order valence-electron chi connectivity index (χ3n) is 3.06. The SMILES string of the molecule is O=Cc1ccn(Cc2ccccc2Oc2ccccc2)n1. The van der Waals surface area contributed by atoms with Crippen molar-refractivity contribution in [1.82, 2.24) is 9.78 Å². The predicted molar refractivity (Wildman–Crippen MR) is 79.7 cm³/mol. The van der Waals surface area contributed by atoms with Crippen LogP contribution >= 0.6 is 0 Å². The van der Waals surface area contributed by atoms with Gasteiger partial charge in [0.2, 0.25) is 0 Å². The van der Waals surface area contributed by atoms with Gasteiger partial charge in [0.25, 0.3) is 0 Å². The standard InChI is InChI=1S/C17H14N2O2/c20-13-15-10-11-19(18-15)12-14-6-4-5-9-17(14)21-16-7-2-1-3-8-16/h1-11,13H,12H2. The molecule has 0 spiro atoms. The Balaban J connectivity index is 1.83. The summed E-state index contributed by atoms with van der Waals surface area (Å²) in [6.07, 6.45) is 2.52. The van der Waals surface area contributed by atoms with Crippen LogP contribution in [0, 0.1) is 0 Å². The van der Waals surface area contributed by atoms with Gasteiger partial charge in [0.15, 0.2) is 6.29 Å². The summed E-state index contributed by atoms with van der Waals surface area (Å²) in [6, 6.07) is 19.1. The Morgan fingerprint density at radius 1 is 1.00 bits per heavy atom. The second-order valence-corrected chi connectivity index (χ2v) is 4.58. The van der Waals surface area contributed by atoms with Gasteiger partial charge in [0, 0.05) is 11.8 Å². The van der Waals surface area contributed by atoms with Crippen molar-refractivity contribution in [3.63, 3.8) is 0 Å². The molecular weight excluding hydrogens is 264 g/mol. The van der Waals surface area contributed by atoms with Crippen molar-refractivity contribution in [2.75, 3.05) is 0 Å². The van der Waals surface area contributed by atoms with Gasteiger partial charge < -0.3 is 4.74 Å². The van der Waals surface area contributed by atoms with Crippen LogP contribution in [-0.2, 0) is 6.54 Å². The first-order valence-electron chi connectivity index (χ1n) is 6.64. The van der Waals surface area contributed by atoms with E-state index in [4.69, 9.17) is 4.74 Å². The number of ether oxygens (including phenoxy) is 1. The predicted octanol–water partition coefficient (Wildman–Crippen LogP) is 3.54. The maximum absolute atomic E-state index is 10.7. The monoisotopic (exact) mass is 278 g/mol. The molecule has 0 radical (unpaired) electrons. The van der Waals surface area contributed by atoms with Gasteiger partial charge in [-0.2, -0.15) is 5.10 Å². The van der Waals surface area contributed by atoms with E-state index in [0.29, 0.717) is 12.2 Å². The van der Waals surface area contributed by atoms with E-state index in [0.717, 1.165) is 23.3 Å². The highest BCUT2D eigenvalue weighted by molar-refractivity contribution is 5.71. The largest absolute Gasteiger partial charge is 0.457 e. The molecule has 0 fully saturated rings. The summed E-state index contributed by atoms with van der Waals surface area (Å²) in [4.78, 5) is 10.7. The van der Waals surface area contributed by atoms with Crippen molar-refractivity contribution >= 4 is 6.29 Å². The second kappa shape index (κ2) is 6.05. The highest BCUT2D eigenvalue weighted by atomic mass is 16.5. The molecule has 0 unspecified atom stereocenters. The number of para-hydroxylation sites is 2. The smallest absolute Gasteiger partial charge is 0.170 e. The van der Waals surface area contributed by atoms with E-state index in [-0.39, 0.29) is 0 Å². The molecule has 0 atom stereocenters. The van der Waals surface area contributed by atoms with E-state index in [1.807, 2.05) is 54.6 Å². The normalized spacial score (nSPS) is 10.3. The first-order valence-corrected chi connectivity index (χ1v) is 6.64. The molecule has 3 aromatic rings. The van der Waals surface area contributed by atoms with Gasteiger partial charge >= 0.3 is 0 Å². The molecule has 0 N–H and O–H groups in total. The third-order valence-corrected chi connectivity index (χ3v) is 3.06. The highest BCUT2D eigenvalue weighted by Gasteiger charge is 2.06. The van der Waals surface area contributed by atoms with Crippen LogP contribution in [0.4, 0.5) is 0 Å². The van der Waals surface area contributed by atoms with Crippen LogP contribution in [0.15, 0.2) is 66.9 Å². The number of hydrogen-bond acceptors (Lipinski definition) is 3. The van der Waals surface area contributed by atoms with Crippen molar-refractivity contribution in [3.8, 4) is 11.5 Å². The molecule has 2 aromatic carbocycles. The molecule has 104 valence electrons. The Bertz CT molecular complexity index is 735. The average molecular weight is 278 g/mol. The van der Waals surface area contributed by atoms with Crippen LogP contribution in [0.1, 0.15) is 16.1 Å². The molecule has 0 saturated carbocycles. The molecule has 1 aromatic heterocycles. The van der Waals surface area contributed by atoms with Gasteiger partial charge in [-0.05, 0) is 24.3 Å². The van der Waals surface area contributed by atoms with Crippen molar-refractivity contribution in [3.05, 3.63) is 78.1 Å². The van der Waals surface area contributed by atoms with Crippen molar-refractivity contribution in [1.29, 1.82) is 0 Å². The van der Waals surface area contributed by atoms with E-state index >= 15 is 0 Å². The fourth-order valence-electron chi connectivity index (χ4n) is 2.05. The van der Waals surface area contributed by atoms with Gasteiger partial charge in [-0.3, -0.25) is 9.48 Å². The van der Waals surface area contributed by atoms with Crippen molar-refractivity contribution in [2.24, 2.45) is 0 Å². The van der Waals surface area contributed by atoms with Crippen LogP contribution in [0.5, 0.6) is 11.5 Å². The van der Waals surface area contributed by atoms with Crippen LogP contribution in [-0.4, -0.2) is 16.1 Å². The minimum atomic E-state index is 0.427. The van der Waals surface area contributed by atoms with Gasteiger partial charge in [0.05, 0.1) is 6.54 Å². The van der Waals surface area contributed by atoms with E-state index in [9.17, 15) is 4.79 Å². The maximum Gasteiger partial charge on any atom is 0.170 e. The lowest BCUT2D eigenvalue weighted by Gasteiger charge is -2.11. The second-order valence-electron chi connectivity index (χ2n) is 4.58. The van der Waals surface area contributed by atoms with Gasteiger partial charge in [-0.15, -0.1) is 0 Å². The lowest BCUT2D eigenvalue weighted by atomic mass is 10.2. The number of carbonyl (C=O) groups excluding carboxylic acids is 1. The summed E-state index contributed by atoms with van der Waals surface area (Å²) >= 11 is 0. The molecule has 0 aliphatic carbocycles. The Labute approximate surface area is 122 Å². The lowest BCUT2D eigenvalue weighted by Crippen LogP contribution is -2.02. The van der Waals surface area contributed by atoms with E-state index in [1.165, 1.54) is 0 Å². The van der Waals surface area contributed by atoms with E-state index in [1.54, 1.807) is 16.9 Å². The topological polar surface area (TPSA) is 44.1 Å². The summed E-state index contributed by atoms with van der Waals surface area (Å²) in [5, 5.41) is 4.17. The minimum absolute atomic E-state index is 0.427. The molecule has 4 heteroatoms. The molecule has 0 bridgehead atoms. The Morgan fingerprint density at radius 2 is 1.76 bits per heavy atom. The molecule has 21 heavy (non-hydrogen) atoms. The number of carbonyl (C=O) groups is 1. The first-order chi connectivity index (χ1) is 10.3. The van der Waals surface area contributed by atoms with Crippen molar-refractivity contribution < 1.29 is 9.53 Å². The van der Waals surface area contributed by atoms with Crippen LogP contribution in [0.2, 0.25) is 0 Å². The lowest BCUT2D eigenvalue weighted by molar-refractivity contribution is 0.111. The first kappa shape index (κ1) is 13.1. The number of benzene rings is 2. The van der Waals surface area contributed by atoms with Gasteiger partial charge in [-0.25, -0.2) is 0 Å². The van der Waals surface area contributed by atoms with E-state index < -0.39 is 0 Å². The summed E-state index contributed by atoms with van der Waals surface area (Å²) in [5.74, 6) is 1.57. The summed E-state index contributed by atoms with van der Waals surface area (Å²) in [5.41, 5.74) is 1.43. The molecule has 0 amide bonds. The van der Waals surface area contributed by atoms with Crippen molar-refractivity contribution in [2.45, 2.75) is 6.54 Å². The molecule has 4 nitrogen and oxygen atoms in total. The quantitative estimate of drug-likeness (QED) is 0.670. The Kier molecular flexibility index (Phi) is 3.78. The number of nitrogens with zero attached hydrogens (tertiary/aromatic N) is 2. The Hall–Kier alpha value is -2.88. The zero-order valence-electron chi connectivity index (χ0n) is 11.3. The van der Waals surface area contributed by atoms with Crippen LogP contribution in [0.25, 0.3) is 0 Å². The number of rotatable bonds is 5. The maximum atomic E-state index is 10.7.